The third-order valence-electron chi connectivity index (χ3n) is 4.51. The number of nitrogens with one attached hydrogen (secondary N) is 1. The summed E-state index contributed by atoms with van der Waals surface area (Å²) in [6.45, 7) is 7.77. The van der Waals surface area contributed by atoms with Gasteiger partial charge in [0.25, 0.3) is 0 Å². The highest BCUT2D eigenvalue weighted by Gasteiger charge is 2.23. The van der Waals surface area contributed by atoms with E-state index >= 15 is 0 Å². The van der Waals surface area contributed by atoms with Crippen molar-refractivity contribution in [2.45, 2.75) is 45.6 Å². The van der Waals surface area contributed by atoms with Crippen molar-refractivity contribution in [1.29, 1.82) is 0 Å². The first kappa shape index (κ1) is 23.0. The van der Waals surface area contributed by atoms with E-state index in [0.29, 0.717) is 31.2 Å². The van der Waals surface area contributed by atoms with E-state index in [1.165, 1.54) is 0 Å². The summed E-state index contributed by atoms with van der Waals surface area (Å²) in [7, 11) is 0. The van der Waals surface area contributed by atoms with Crippen LogP contribution in [0.1, 0.15) is 39.2 Å². The van der Waals surface area contributed by atoms with Crippen LogP contribution in [-0.4, -0.2) is 66.0 Å². The second-order valence-electron chi connectivity index (χ2n) is 8.06. The average molecular weight is 424 g/mol. The lowest BCUT2D eigenvalue weighted by molar-refractivity contribution is -0.133. The fourth-order valence-electron chi connectivity index (χ4n) is 3.08. The van der Waals surface area contributed by atoms with Crippen LogP contribution in [0, 0.1) is 0 Å². The maximum Gasteiger partial charge on any atom is 0.407 e. The molecule has 1 fully saturated rings. The topological polar surface area (TPSA) is 79.0 Å². The molecule has 7 nitrogen and oxygen atoms in total. The predicted octanol–water partition coefficient (Wildman–Crippen LogP) is 2.86. The van der Waals surface area contributed by atoms with Crippen LogP contribution in [0.4, 0.5) is 4.79 Å². The molecule has 0 spiro atoms. The van der Waals surface area contributed by atoms with Gasteiger partial charge in [-0.3, -0.25) is 9.59 Å². The molecule has 0 atom stereocenters. The predicted molar refractivity (Wildman–Crippen MR) is 112 cm³/mol. The lowest BCUT2D eigenvalue weighted by Crippen LogP contribution is -2.39. The average Bonchev–Trinajstić information content (AvgIpc) is 2.88. The molecule has 1 aliphatic rings. The van der Waals surface area contributed by atoms with Crippen LogP contribution in [0.2, 0.25) is 5.02 Å². The maximum atomic E-state index is 12.6. The first-order valence-corrected chi connectivity index (χ1v) is 10.3. The van der Waals surface area contributed by atoms with Gasteiger partial charge in [0.1, 0.15) is 5.60 Å². The van der Waals surface area contributed by atoms with E-state index in [2.05, 4.69) is 5.32 Å². The molecule has 1 N–H and O–H groups in total. The molecule has 0 bridgehead atoms. The number of carbonyl (C=O) groups is 3. The largest absolute Gasteiger partial charge is 0.444 e. The molecular formula is C21H30ClN3O4. The van der Waals surface area contributed by atoms with Crippen LogP contribution >= 0.6 is 11.6 Å². The standard InChI is InChI=1S/C21H30ClN3O4/c1-21(2,3)29-20(28)23-10-9-18(26)24-11-6-12-25(14-13-24)19(27)15-16-7-4-5-8-17(16)22/h4-5,7-8H,6,9-15H2,1-3H3,(H,23,28). The van der Waals surface area contributed by atoms with Crippen molar-refractivity contribution in [2.24, 2.45) is 0 Å². The van der Waals surface area contributed by atoms with Crippen molar-refractivity contribution in [2.75, 3.05) is 32.7 Å². The molecule has 29 heavy (non-hydrogen) atoms. The van der Waals surface area contributed by atoms with E-state index in [1.807, 2.05) is 18.2 Å². The van der Waals surface area contributed by atoms with Crippen LogP contribution in [0.15, 0.2) is 24.3 Å². The fourth-order valence-corrected chi connectivity index (χ4v) is 3.28. The number of ether oxygens (including phenoxy) is 1. The highest BCUT2D eigenvalue weighted by Crippen LogP contribution is 2.17. The molecule has 1 saturated heterocycles. The van der Waals surface area contributed by atoms with Gasteiger partial charge in [0.2, 0.25) is 11.8 Å². The fraction of sp³-hybridized carbons (Fsp3) is 0.571. The third-order valence-corrected chi connectivity index (χ3v) is 4.88. The Kier molecular flexibility index (Phi) is 8.32. The summed E-state index contributed by atoms with van der Waals surface area (Å²) in [6.07, 6.45) is 0.650. The molecule has 1 aromatic carbocycles. The van der Waals surface area contributed by atoms with E-state index in [9.17, 15) is 14.4 Å². The van der Waals surface area contributed by atoms with Gasteiger partial charge in [-0.05, 0) is 38.8 Å². The van der Waals surface area contributed by atoms with Gasteiger partial charge >= 0.3 is 6.09 Å². The molecule has 8 heteroatoms. The van der Waals surface area contributed by atoms with Crippen LogP contribution in [0.25, 0.3) is 0 Å². The van der Waals surface area contributed by atoms with Gasteiger partial charge in [-0.2, -0.15) is 0 Å². The minimum absolute atomic E-state index is 0.0130. The zero-order valence-corrected chi connectivity index (χ0v) is 18.1. The summed E-state index contributed by atoms with van der Waals surface area (Å²) in [5.41, 5.74) is 0.239. The number of alkyl carbamates (subject to hydrolysis) is 1. The summed E-state index contributed by atoms with van der Waals surface area (Å²) in [6, 6.07) is 7.33. The molecule has 1 aliphatic heterocycles. The van der Waals surface area contributed by atoms with Crippen molar-refractivity contribution in [1.82, 2.24) is 15.1 Å². The number of nitrogens with zero attached hydrogens (tertiary/aromatic N) is 2. The van der Waals surface area contributed by atoms with E-state index < -0.39 is 11.7 Å². The normalized spacial score (nSPS) is 14.9. The first-order valence-electron chi connectivity index (χ1n) is 9.91. The zero-order chi connectivity index (χ0) is 21.4. The lowest BCUT2D eigenvalue weighted by Gasteiger charge is -2.23. The molecule has 0 radical (unpaired) electrons. The Bertz CT molecular complexity index is 733. The first-order chi connectivity index (χ1) is 13.7. The van der Waals surface area contributed by atoms with Crippen molar-refractivity contribution < 1.29 is 19.1 Å². The second-order valence-corrected chi connectivity index (χ2v) is 8.47. The molecule has 2 rings (SSSR count). The molecule has 0 aromatic heterocycles. The van der Waals surface area contributed by atoms with Gasteiger partial charge in [-0.25, -0.2) is 4.79 Å². The summed E-state index contributed by atoms with van der Waals surface area (Å²) >= 11 is 6.15. The van der Waals surface area contributed by atoms with Gasteiger partial charge in [0.05, 0.1) is 6.42 Å². The van der Waals surface area contributed by atoms with Crippen molar-refractivity contribution >= 4 is 29.5 Å². The van der Waals surface area contributed by atoms with Gasteiger partial charge in [-0.15, -0.1) is 0 Å². The monoisotopic (exact) mass is 423 g/mol. The molecule has 3 amide bonds. The Morgan fingerprint density at radius 2 is 1.66 bits per heavy atom. The number of halogens is 1. The molecular weight excluding hydrogens is 394 g/mol. The van der Waals surface area contributed by atoms with Crippen LogP contribution in [-0.2, 0) is 20.7 Å². The number of benzene rings is 1. The summed E-state index contributed by atoms with van der Waals surface area (Å²) in [4.78, 5) is 40.2. The van der Waals surface area contributed by atoms with Crippen molar-refractivity contribution in [3.8, 4) is 0 Å². The number of amides is 3. The molecule has 0 unspecified atom stereocenters. The molecule has 0 saturated carbocycles. The van der Waals surface area contributed by atoms with Crippen molar-refractivity contribution in [3.63, 3.8) is 0 Å². The summed E-state index contributed by atoms with van der Waals surface area (Å²) in [5, 5.41) is 3.19. The summed E-state index contributed by atoms with van der Waals surface area (Å²) in [5.74, 6) is -0.0274. The highest BCUT2D eigenvalue weighted by atomic mass is 35.5. The van der Waals surface area contributed by atoms with Gasteiger partial charge < -0.3 is 19.9 Å². The van der Waals surface area contributed by atoms with E-state index in [0.717, 1.165) is 12.0 Å². The van der Waals surface area contributed by atoms with Gasteiger partial charge in [0, 0.05) is 44.2 Å². The SMILES string of the molecule is CC(C)(C)OC(=O)NCCC(=O)N1CCCN(C(=O)Cc2ccccc2Cl)CC1. The molecule has 1 aromatic rings. The molecule has 1 heterocycles. The Hall–Kier alpha value is -2.28. The number of carbonyl (C=O) groups excluding carboxylic acids is 3. The zero-order valence-electron chi connectivity index (χ0n) is 17.4. The summed E-state index contributed by atoms with van der Waals surface area (Å²) < 4.78 is 5.15. The maximum absolute atomic E-state index is 12.6. The number of rotatable bonds is 5. The van der Waals surface area contributed by atoms with E-state index in [1.54, 1.807) is 36.6 Å². The second kappa shape index (κ2) is 10.5. The minimum atomic E-state index is -0.571. The van der Waals surface area contributed by atoms with Crippen LogP contribution in [0.5, 0.6) is 0 Å². The van der Waals surface area contributed by atoms with Gasteiger partial charge in [0.15, 0.2) is 0 Å². The molecule has 0 aliphatic carbocycles. The Morgan fingerprint density at radius 1 is 1.03 bits per heavy atom. The van der Waals surface area contributed by atoms with Gasteiger partial charge in [-0.1, -0.05) is 29.8 Å². The van der Waals surface area contributed by atoms with Crippen LogP contribution < -0.4 is 5.32 Å². The van der Waals surface area contributed by atoms with Crippen LogP contribution in [0.3, 0.4) is 0 Å². The van der Waals surface area contributed by atoms with E-state index in [4.69, 9.17) is 16.3 Å². The Labute approximate surface area is 177 Å². The highest BCUT2D eigenvalue weighted by molar-refractivity contribution is 6.31. The Balaban J connectivity index is 1.77. The van der Waals surface area contributed by atoms with E-state index in [-0.39, 0.29) is 31.2 Å². The Morgan fingerprint density at radius 3 is 2.28 bits per heavy atom. The van der Waals surface area contributed by atoms with Crippen molar-refractivity contribution in [3.05, 3.63) is 34.9 Å². The minimum Gasteiger partial charge on any atom is -0.444 e. The quantitative estimate of drug-likeness (QED) is 0.789. The number of hydrogen-bond donors (Lipinski definition) is 1. The number of hydrogen-bond acceptors (Lipinski definition) is 4. The smallest absolute Gasteiger partial charge is 0.407 e. The third kappa shape index (κ3) is 7.93. The molecule has 160 valence electrons. The lowest BCUT2D eigenvalue weighted by atomic mass is 10.1.